The zero-order valence-electron chi connectivity index (χ0n) is 12.0. The van der Waals surface area contributed by atoms with Crippen molar-refractivity contribution in [1.82, 2.24) is 10.2 Å². The summed E-state index contributed by atoms with van der Waals surface area (Å²) in [5.74, 6) is 1.99. The standard InChI is InChI=1S/C15H17N3O3/c1-20-12-6-5-10(7-13(12)21-2)15(19)16-14-8-11(17-18-14)9-3-4-9/h5-9H,3-4H2,1-2H3,(H2,16,17,18,19). The Bertz CT molecular complexity index is 662. The van der Waals surface area contributed by atoms with Crippen LogP contribution in [0.25, 0.3) is 0 Å². The van der Waals surface area contributed by atoms with Crippen molar-refractivity contribution in [2.75, 3.05) is 19.5 Å². The molecule has 6 nitrogen and oxygen atoms in total. The molecule has 1 aromatic carbocycles. The summed E-state index contributed by atoms with van der Waals surface area (Å²) in [7, 11) is 3.09. The fraction of sp³-hybridized carbons (Fsp3) is 0.333. The predicted molar refractivity (Wildman–Crippen MR) is 78.1 cm³/mol. The second-order valence-electron chi connectivity index (χ2n) is 5.01. The Balaban J connectivity index is 1.74. The van der Waals surface area contributed by atoms with Gasteiger partial charge in [-0.2, -0.15) is 5.10 Å². The van der Waals surface area contributed by atoms with E-state index in [0.29, 0.717) is 28.8 Å². The minimum atomic E-state index is -0.232. The molecule has 1 aliphatic rings. The predicted octanol–water partition coefficient (Wildman–Crippen LogP) is 2.56. The van der Waals surface area contributed by atoms with Crippen molar-refractivity contribution < 1.29 is 14.3 Å². The Morgan fingerprint density at radius 2 is 2.00 bits per heavy atom. The maximum Gasteiger partial charge on any atom is 0.257 e. The number of rotatable bonds is 5. The van der Waals surface area contributed by atoms with Crippen LogP contribution in [0.2, 0.25) is 0 Å². The number of nitrogens with one attached hydrogen (secondary N) is 2. The van der Waals surface area contributed by atoms with E-state index >= 15 is 0 Å². The SMILES string of the molecule is COc1ccc(C(=O)Nc2cc(C3CC3)[nH]n2)cc1OC. The third-order valence-electron chi connectivity index (χ3n) is 3.50. The zero-order chi connectivity index (χ0) is 14.8. The summed E-state index contributed by atoms with van der Waals surface area (Å²) in [4.78, 5) is 12.2. The van der Waals surface area contributed by atoms with Gasteiger partial charge in [0.05, 0.1) is 14.2 Å². The molecule has 2 aromatic rings. The number of hydrogen-bond donors (Lipinski definition) is 2. The van der Waals surface area contributed by atoms with Gasteiger partial charge in [-0.3, -0.25) is 9.89 Å². The first-order valence-electron chi connectivity index (χ1n) is 6.80. The molecule has 0 bridgehead atoms. The van der Waals surface area contributed by atoms with Crippen LogP contribution in [0.3, 0.4) is 0 Å². The van der Waals surface area contributed by atoms with E-state index in [2.05, 4.69) is 15.5 Å². The molecule has 0 radical (unpaired) electrons. The molecule has 1 heterocycles. The summed E-state index contributed by atoms with van der Waals surface area (Å²) >= 11 is 0. The number of carbonyl (C=O) groups is 1. The van der Waals surface area contributed by atoms with Crippen LogP contribution in [0, 0.1) is 0 Å². The number of aromatic amines is 1. The summed E-state index contributed by atoms with van der Waals surface area (Å²) in [6.45, 7) is 0. The maximum atomic E-state index is 12.2. The lowest BCUT2D eigenvalue weighted by Crippen LogP contribution is -2.12. The summed E-state index contributed by atoms with van der Waals surface area (Å²) in [6, 6.07) is 6.91. The van der Waals surface area contributed by atoms with Crippen LogP contribution in [-0.2, 0) is 0 Å². The Morgan fingerprint density at radius 3 is 2.67 bits per heavy atom. The van der Waals surface area contributed by atoms with Crippen molar-refractivity contribution in [2.45, 2.75) is 18.8 Å². The fourth-order valence-corrected chi connectivity index (χ4v) is 2.17. The third kappa shape index (κ3) is 2.84. The molecule has 3 rings (SSSR count). The van der Waals surface area contributed by atoms with E-state index in [-0.39, 0.29) is 5.91 Å². The van der Waals surface area contributed by atoms with Gasteiger partial charge < -0.3 is 14.8 Å². The largest absolute Gasteiger partial charge is 0.493 e. The van der Waals surface area contributed by atoms with Gasteiger partial charge in [-0.25, -0.2) is 0 Å². The van der Waals surface area contributed by atoms with Gasteiger partial charge in [0.1, 0.15) is 0 Å². The average Bonchev–Trinajstić information content (AvgIpc) is 3.26. The summed E-state index contributed by atoms with van der Waals surface area (Å²) in [6.07, 6.45) is 2.37. The van der Waals surface area contributed by atoms with Crippen molar-refractivity contribution in [3.63, 3.8) is 0 Å². The molecule has 0 saturated heterocycles. The van der Waals surface area contributed by atoms with E-state index in [0.717, 1.165) is 5.69 Å². The van der Waals surface area contributed by atoms with E-state index in [1.54, 1.807) is 25.3 Å². The second kappa shape index (κ2) is 5.47. The van der Waals surface area contributed by atoms with Crippen molar-refractivity contribution >= 4 is 11.7 Å². The number of methoxy groups -OCH3 is 2. The van der Waals surface area contributed by atoms with Gasteiger partial charge in [0.25, 0.3) is 5.91 Å². The Labute approximate surface area is 122 Å². The summed E-state index contributed by atoms with van der Waals surface area (Å²) in [5, 5.41) is 9.83. The first-order valence-corrected chi connectivity index (χ1v) is 6.80. The molecular formula is C15H17N3O3. The molecule has 1 aromatic heterocycles. The number of benzene rings is 1. The van der Waals surface area contributed by atoms with Crippen LogP contribution in [-0.4, -0.2) is 30.3 Å². The number of anilines is 1. The van der Waals surface area contributed by atoms with E-state index < -0.39 is 0 Å². The minimum absolute atomic E-state index is 0.232. The highest BCUT2D eigenvalue weighted by Crippen LogP contribution is 2.39. The van der Waals surface area contributed by atoms with E-state index in [4.69, 9.17) is 9.47 Å². The Morgan fingerprint density at radius 1 is 1.24 bits per heavy atom. The molecule has 1 saturated carbocycles. The molecule has 1 aliphatic carbocycles. The van der Waals surface area contributed by atoms with Gasteiger partial charge in [-0.1, -0.05) is 0 Å². The lowest BCUT2D eigenvalue weighted by atomic mass is 10.2. The number of hydrogen-bond acceptors (Lipinski definition) is 4. The Hall–Kier alpha value is -2.50. The van der Waals surface area contributed by atoms with E-state index in [1.165, 1.54) is 20.0 Å². The smallest absolute Gasteiger partial charge is 0.257 e. The highest BCUT2D eigenvalue weighted by atomic mass is 16.5. The first kappa shape index (κ1) is 13.5. The van der Waals surface area contributed by atoms with Gasteiger partial charge in [0.15, 0.2) is 17.3 Å². The quantitative estimate of drug-likeness (QED) is 0.886. The lowest BCUT2D eigenvalue weighted by Gasteiger charge is -2.09. The number of H-pyrrole nitrogens is 1. The van der Waals surface area contributed by atoms with Gasteiger partial charge >= 0.3 is 0 Å². The third-order valence-corrected chi connectivity index (χ3v) is 3.50. The first-order chi connectivity index (χ1) is 10.2. The number of aromatic nitrogens is 2. The minimum Gasteiger partial charge on any atom is -0.493 e. The molecule has 0 spiro atoms. The summed E-state index contributed by atoms with van der Waals surface area (Å²) < 4.78 is 10.3. The van der Waals surface area contributed by atoms with Gasteiger partial charge in [0, 0.05) is 23.2 Å². The van der Waals surface area contributed by atoms with Crippen molar-refractivity contribution in [2.24, 2.45) is 0 Å². The highest BCUT2D eigenvalue weighted by Gasteiger charge is 2.25. The summed E-state index contributed by atoms with van der Waals surface area (Å²) in [5.41, 5.74) is 1.57. The van der Waals surface area contributed by atoms with Crippen LogP contribution >= 0.6 is 0 Å². The molecule has 6 heteroatoms. The monoisotopic (exact) mass is 287 g/mol. The Kier molecular flexibility index (Phi) is 3.51. The highest BCUT2D eigenvalue weighted by molar-refractivity contribution is 6.04. The van der Waals surface area contributed by atoms with Crippen LogP contribution in [0.1, 0.15) is 34.8 Å². The molecule has 110 valence electrons. The molecule has 1 fully saturated rings. The van der Waals surface area contributed by atoms with Crippen molar-refractivity contribution in [1.29, 1.82) is 0 Å². The van der Waals surface area contributed by atoms with Crippen LogP contribution in [0.15, 0.2) is 24.3 Å². The van der Waals surface area contributed by atoms with Crippen molar-refractivity contribution in [3.05, 3.63) is 35.5 Å². The maximum absolute atomic E-state index is 12.2. The van der Waals surface area contributed by atoms with Crippen LogP contribution < -0.4 is 14.8 Å². The fourth-order valence-electron chi connectivity index (χ4n) is 2.17. The molecule has 0 aliphatic heterocycles. The lowest BCUT2D eigenvalue weighted by molar-refractivity contribution is 0.102. The van der Waals surface area contributed by atoms with Gasteiger partial charge in [0.2, 0.25) is 0 Å². The molecule has 21 heavy (non-hydrogen) atoms. The molecule has 2 N–H and O–H groups in total. The normalized spacial score (nSPS) is 13.8. The van der Waals surface area contributed by atoms with E-state index in [1.807, 2.05) is 6.07 Å². The van der Waals surface area contributed by atoms with Gasteiger partial charge in [-0.05, 0) is 31.0 Å². The van der Waals surface area contributed by atoms with Gasteiger partial charge in [-0.15, -0.1) is 0 Å². The van der Waals surface area contributed by atoms with Crippen molar-refractivity contribution in [3.8, 4) is 11.5 Å². The molecular weight excluding hydrogens is 270 g/mol. The van der Waals surface area contributed by atoms with E-state index in [9.17, 15) is 4.79 Å². The van der Waals surface area contributed by atoms with Crippen LogP contribution in [0.5, 0.6) is 11.5 Å². The number of carbonyl (C=O) groups excluding carboxylic acids is 1. The van der Waals surface area contributed by atoms with Crippen LogP contribution in [0.4, 0.5) is 5.82 Å². The number of ether oxygens (including phenoxy) is 2. The molecule has 0 atom stereocenters. The molecule has 1 amide bonds. The number of nitrogens with zero attached hydrogens (tertiary/aromatic N) is 1. The zero-order valence-corrected chi connectivity index (χ0v) is 12.0. The average molecular weight is 287 g/mol. The topological polar surface area (TPSA) is 76.2 Å². The molecule has 0 unspecified atom stereocenters. The number of amides is 1. The second-order valence-corrected chi connectivity index (χ2v) is 5.01.